The monoisotopic (exact) mass is 577 g/mol. The van der Waals surface area contributed by atoms with Crippen LogP contribution in [0, 0.1) is 0 Å². The minimum Gasteiger partial charge on any atom is -0.394 e. The second-order valence-electron chi connectivity index (χ2n) is 11.3. The molecule has 230 valence electrons. The van der Waals surface area contributed by atoms with Crippen molar-refractivity contribution in [3.05, 3.63) is 12.7 Å². The summed E-state index contributed by atoms with van der Waals surface area (Å²) < 4.78 is 5.87. The van der Waals surface area contributed by atoms with E-state index in [1.165, 1.54) is 51.2 Å². The molecule has 2 aliphatic rings. The zero-order chi connectivity index (χ0) is 29.2. The highest BCUT2D eigenvalue weighted by Gasteiger charge is 2.46. The summed E-state index contributed by atoms with van der Waals surface area (Å²) in [6, 6.07) is -1.60. The van der Waals surface area contributed by atoms with E-state index in [9.17, 15) is 25.2 Å². The maximum absolute atomic E-state index is 13.3. The first-order valence-electron chi connectivity index (χ1n) is 15.2. The predicted molar refractivity (Wildman–Crippen MR) is 153 cm³/mol. The molecule has 0 aliphatic carbocycles. The van der Waals surface area contributed by atoms with Gasteiger partial charge in [-0.2, -0.15) is 0 Å². The van der Waals surface area contributed by atoms with Crippen molar-refractivity contribution in [3.63, 3.8) is 0 Å². The minimum absolute atomic E-state index is 0.311. The number of unbranched alkanes of at least 4 members (excludes halogenated alkanes) is 8. The number of carbonyl (C=O) groups excluding carboxylic acids is 1. The molecule has 2 aromatic rings. The molecule has 2 fully saturated rings. The summed E-state index contributed by atoms with van der Waals surface area (Å²) in [6.45, 7) is 2.34. The van der Waals surface area contributed by atoms with Gasteiger partial charge in [-0.1, -0.05) is 58.3 Å². The lowest BCUT2D eigenvalue weighted by molar-refractivity contribution is -0.186. The third-order valence-corrected chi connectivity index (χ3v) is 8.29. The van der Waals surface area contributed by atoms with Crippen molar-refractivity contribution in [1.29, 1.82) is 0 Å². The molecule has 13 nitrogen and oxygen atoms in total. The number of carbonyl (C=O) groups is 1. The van der Waals surface area contributed by atoms with Gasteiger partial charge in [-0.3, -0.25) is 9.69 Å². The summed E-state index contributed by atoms with van der Waals surface area (Å²) >= 11 is 0. The first kappa shape index (κ1) is 31.5. The van der Waals surface area contributed by atoms with Crippen molar-refractivity contribution in [3.8, 4) is 0 Å². The van der Waals surface area contributed by atoms with Gasteiger partial charge in [0.1, 0.15) is 36.4 Å². The Bertz CT molecular complexity index is 1070. The van der Waals surface area contributed by atoms with Crippen molar-refractivity contribution >= 4 is 22.9 Å². The fraction of sp³-hybridized carbons (Fsp3) is 0.786. The Labute approximate surface area is 241 Å². The number of fused-ring (bicyclic) bond motifs is 1. The zero-order valence-electron chi connectivity index (χ0n) is 24.0. The van der Waals surface area contributed by atoms with Gasteiger partial charge in [0.15, 0.2) is 17.7 Å². The lowest BCUT2D eigenvalue weighted by Crippen LogP contribution is -2.67. The number of amides is 1. The Hall–Kier alpha value is -2.42. The van der Waals surface area contributed by atoms with Crippen LogP contribution in [0.15, 0.2) is 12.7 Å². The van der Waals surface area contributed by atoms with Crippen molar-refractivity contribution in [2.75, 3.05) is 18.5 Å². The molecule has 13 heteroatoms. The van der Waals surface area contributed by atoms with Gasteiger partial charge in [0, 0.05) is 6.54 Å². The molecule has 2 aliphatic heterocycles. The Morgan fingerprint density at radius 2 is 1.83 bits per heavy atom. The molecule has 0 aromatic carbocycles. The number of hydrogen-bond acceptors (Lipinski definition) is 11. The number of anilines is 1. The number of ether oxygens (including phenoxy) is 1. The quantitative estimate of drug-likeness (QED) is 0.143. The van der Waals surface area contributed by atoms with Crippen LogP contribution in [0.25, 0.3) is 11.2 Å². The maximum Gasteiger partial charge on any atom is 0.237 e. The topological polar surface area (TPSA) is 189 Å². The van der Waals surface area contributed by atoms with Gasteiger partial charge in [0.25, 0.3) is 0 Å². The van der Waals surface area contributed by atoms with Gasteiger partial charge in [0.05, 0.1) is 25.0 Å². The van der Waals surface area contributed by atoms with Crippen molar-refractivity contribution < 1.29 is 30.0 Å². The summed E-state index contributed by atoms with van der Waals surface area (Å²) in [5.74, 6) is -0.0567. The number of aliphatic hydroxyl groups excluding tert-OH is 4. The molecule has 7 atom stereocenters. The van der Waals surface area contributed by atoms with Crippen LogP contribution in [0.4, 0.5) is 5.82 Å². The lowest BCUT2D eigenvalue weighted by Gasteiger charge is -2.43. The van der Waals surface area contributed by atoms with Crippen LogP contribution in [0.1, 0.15) is 84.0 Å². The molecule has 2 aromatic heterocycles. The summed E-state index contributed by atoms with van der Waals surface area (Å²) in [5, 5.41) is 48.4. The minimum atomic E-state index is -1.44. The zero-order valence-corrected chi connectivity index (χ0v) is 24.0. The molecule has 0 bridgehead atoms. The molecule has 0 radical (unpaired) electrons. The van der Waals surface area contributed by atoms with Gasteiger partial charge >= 0.3 is 0 Å². The van der Waals surface area contributed by atoms with Gasteiger partial charge in [0.2, 0.25) is 5.91 Å². The van der Waals surface area contributed by atoms with Crippen LogP contribution in [-0.4, -0.2) is 107 Å². The van der Waals surface area contributed by atoms with E-state index in [1.54, 1.807) is 0 Å². The number of rotatable bonds is 16. The van der Waals surface area contributed by atoms with E-state index in [0.29, 0.717) is 36.4 Å². The molecule has 4 heterocycles. The number of hydrogen-bond donors (Lipinski definition) is 7. The van der Waals surface area contributed by atoms with Crippen LogP contribution in [0.5, 0.6) is 0 Å². The summed E-state index contributed by atoms with van der Waals surface area (Å²) in [4.78, 5) is 30.3. The average molecular weight is 578 g/mol. The van der Waals surface area contributed by atoms with E-state index >= 15 is 0 Å². The van der Waals surface area contributed by atoms with Crippen molar-refractivity contribution in [1.82, 2.24) is 30.2 Å². The standard InChI is InChI=1S/C28H47N7O6/c1-2-3-4-5-6-7-8-9-10-13-20(37)35-14-11-12-18(35)27(40)33-21-19(15-36)41-28(24(39)23(21)38)34-26-22-25(30-16-29-22)31-17-32-26/h16-21,23-24,28,36-39H,2-15H2,1H3,(H,33,40)(H2,29,30,31,32,34)/t18-,19+,20?,21+,23-,24+,28+/m1/s1. The second kappa shape index (κ2) is 15.7. The van der Waals surface area contributed by atoms with E-state index < -0.39 is 49.5 Å². The van der Waals surface area contributed by atoms with E-state index in [2.05, 4.69) is 37.5 Å². The van der Waals surface area contributed by atoms with E-state index in [1.807, 2.05) is 4.90 Å². The van der Waals surface area contributed by atoms with Crippen LogP contribution in [0.2, 0.25) is 0 Å². The molecule has 7 N–H and O–H groups in total. The normalized spacial score (nSPS) is 27.7. The number of aliphatic hydroxyl groups is 4. The summed E-state index contributed by atoms with van der Waals surface area (Å²) in [5.41, 5.74) is 0.911. The Balaban J connectivity index is 1.26. The van der Waals surface area contributed by atoms with Crippen molar-refractivity contribution in [2.45, 2.75) is 127 Å². The fourth-order valence-corrected chi connectivity index (χ4v) is 5.92. The Morgan fingerprint density at radius 1 is 1.10 bits per heavy atom. The molecule has 1 unspecified atom stereocenters. The van der Waals surface area contributed by atoms with E-state index in [-0.39, 0.29) is 5.91 Å². The van der Waals surface area contributed by atoms with E-state index in [0.717, 1.165) is 25.7 Å². The number of H-pyrrole nitrogens is 1. The number of imidazole rings is 1. The molecule has 1 amide bonds. The average Bonchev–Trinajstić information content (AvgIpc) is 3.67. The van der Waals surface area contributed by atoms with Gasteiger partial charge in [-0.05, 0) is 25.7 Å². The third-order valence-electron chi connectivity index (χ3n) is 8.29. The molecule has 4 rings (SSSR count). The molecular formula is C28H47N7O6. The highest BCUT2D eigenvalue weighted by molar-refractivity contribution is 5.83. The van der Waals surface area contributed by atoms with E-state index in [4.69, 9.17) is 4.74 Å². The maximum atomic E-state index is 13.3. The molecule has 0 saturated carbocycles. The molecule has 41 heavy (non-hydrogen) atoms. The lowest BCUT2D eigenvalue weighted by atomic mass is 9.95. The molecule has 0 spiro atoms. The molecule has 2 saturated heterocycles. The van der Waals surface area contributed by atoms with Gasteiger partial charge in [-0.15, -0.1) is 0 Å². The first-order valence-corrected chi connectivity index (χ1v) is 15.2. The number of nitrogens with zero attached hydrogens (tertiary/aromatic N) is 4. The SMILES string of the molecule is CCCCCCCCCCCC(O)N1CCC[C@@H]1C(=O)N[C@@H]1[C@@H](O)[C@H](O)[C@@H](Nc2ncnc3nc[nH]c23)O[C@H]1CO. The predicted octanol–water partition coefficient (Wildman–Crippen LogP) is 1.39. The van der Waals surface area contributed by atoms with Crippen molar-refractivity contribution in [2.24, 2.45) is 0 Å². The fourth-order valence-electron chi connectivity index (χ4n) is 5.92. The largest absolute Gasteiger partial charge is 0.394 e. The highest BCUT2D eigenvalue weighted by atomic mass is 16.5. The van der Waals surface area contributed by atoms with Crippen LogP contribution in [-0.2, 0) is 9.53 Å². The van der Waals surface area contributed by atoms with Gasteiger partial charge < -0.3 is 40.8 Å². The van der Waals surface area contributed by atoms with Gasteiger partial charge in [-0.25, -0.2) is 15.0 Å². The number of nitrogens with one attached hydrogen (secondary N) is 3. The van der Waals surface area contributed by atoms with Crippen LogP contribution < -0.4 is 10.6 Å². The number of aromatic nitrogens is 4. The Morgan fingerprint density at radius 3 is 2.56 bits per heavy atom. The van der Waals surface area contributed by atoms with Crippen LogP contribution in [0.3, 0.4) is 0 Å². The highest BCUT2D eigenvalue weighted by Crippen LogP contribution is 2.27. The summed E-state index contributed by atoms with van der Waals surface area (Å²) in [7, 11) is 0. The third kappa shape index (κ3) is 8.11. The van der Waals surface area contributed by atoms with Crippen LogP contribution >= 0.6 is 0 Å². The first-order chi connectivity index (χ1) is 19.9. The second-order valence-corrected chi connectivity index (χ2v) is 11.3. The smallest absolute Gasteiger partial charge is 0.237 e. The summed E-state index contributed by atoms with van der Waals surface area (Å²) in [6.07, 6.45) is 9.82. The number of aromatic amines is 1. The number of likely N-dealkylation sites (tertiary alicyclic amines) is 1. The molecular weight excluding hydrogens is 530 g/mol. The Kier molecular flexibility index (Phi) is 12.1.